The lowest BCUT2D eigenvalue weighted by Crippen LogP contribution is -2.31. The molecule has 1 atom stereocenters. The third-order valence-electron chi connectivity index (χ3n) is 7.53. The van der Waals surface area contributed by atoms with E-state index in [1.54, 1.807) is 0 Å². The molecule has 190 valence electrons. The summed E-state index contributed by atoms with van der Waals surface area (Å²) in [7, 11) is 0. The number of rotatable bonds is 6. The lowest BCUT2D eigenvalue weighted by molar-refractivity contribution is 0.231. The zero-order valence-electron chi connectivity index (χ0n) is 20.9. The van der Waals surface area contributed by atoms with E-state index in [9.17, 15) is 0 Å². The molecule has 6 rings (SSSR count). The van der Waals surface area contributed by atoms with Crippen LogP contribution >= 0.6 is 24.0 Å². The summed E-state index contributed by atoms with van der Waals surface area (Å²) in [4.78, 5) is 12.2. The summed E-state index contributed by atoms with van der Waals surface area (Å²) >= 11 is 6.14. The predicted octanol–water partition coefficient (Wildman–Crippen LogP) is 7.68. The third-order valence-corrected chi connectivity index (χ3v) is 7.78. The maximum absolute atomic E-state index is 6.14. The van der Waals surface area contributed by atoms with Gasteiger partial charge in [-0.2, -0.15) is 0 Å². The maximum atomic E-state index is 6.14. The number of nitrogens with one attached hydrogen (secondary N) is 1. The Kier molecular flexibility index (Phi) is 8.09. The van der Waals surface area contributed by atoms with Crippen molar-refractivity contribution in [2.75, 3.05) is 25.0 Å². The first-order valence-corrected chi connectivity index (χ1v) is 13.4. The molecule has 4 nitrogen and oxygen atoms in total. The van der Waals surface area contributed by atoms with Gasteiger partial charge in [0.05, 0.1) is 5.69 Å². The van der Waals surface area contributed by atoms with Crippen LogP contribution in [-0.4, -0.2) is 34.5 Å². The molecule has 1 aliphatic heterocycles. The average molecular weight is 532 g/mol. The summed E-state index contributed by atoms with van der Waals surface area (Å²) in [6.07, 6.45) is 8.03. The van der Waals surface area contributed by atoms with Crippen molar-refractivity contribution < 1.29 is 0 Å². The van der Waals surface area contributed by atoms with Crippen LogP contribution in [0.4, 0.5) is 11.6 Å². The van der Waals surface area contributed by atoms with E-state index in [2.05, 4.69) is 75.9 Å². The Labute approximate surface area is 230 Å². The number of piperidine rings is 1. The van der Waals surface area contributed by atoms with Crippen LogP contribution in [0.2, 0.25) is 5.02 Å². The highest BCUT2D eigenvalue weighted by Crippen LogP contribution is 2.42. The highest BCUT2D eigenvalue weighted by molar-refractivity contribution is 6.30. The van der Waals surface area contributed by atoms with Gasteiger partial charge in [-0.05, 0) is 85.3 Å². The number of hydrogen-bond donors (Lipinski definition) is 1. The summed E-state index contributed by atoms with van der Waals surface area (Å²) in [5, 5.41) is 4.18. The lowest BCUT2D eigenvalue weighted by atomic mass is 9.78. The molecule has 3 aromatic carbocycles. The Morgan fingerprint density at radius 1 is 0.892 bits per heavy atom. The number of halogens is 2. The number of anilines is 2. The minimum absolute atomic E-state index is 0. The number of aromatic nitrogens is 2. The van der Waals surface area contributed by atoms with Crippen molar-refractivity contribution in [2.45, 2.75) is 38.0 Å². The molecular weight excluding hydrogens is 499 g/mol. The molecule has 1 aliphatic carbocycles. The van der Waals surface area contributed by atoms with Crippen LogP contribution in [0.3, 0.4) is 0 Å². The zero-order valence-corrected chi connectivity index (χ0v) is 22.4. The van der Waals surface area contributed by atoms with Crippen LogP contribution in [0.1, 0.15) is 47.4 Å². The van der Waals surface area contributed by atoms with Crippen LogP contribution in [0.5, 0.6) is 0 Å². The van der Waals surface area contributed by atoms with Crippen molar-refractivity contribution in [3.63, 3.8) is 0 Å². The van der Waals surface area contributed by atoms with Gasteiger partial charge in [-0.25, -0.2) is 9.97 Å². The largest absolute Gasteiger partial charge is 0.324 e. The molecule has 1 unspecified atom stereocenters. The van der Waals surface area contributed by atoms with Crippen LogP contribution in [-0.2, 0) is 12.8 Å². The van der Waals surface area contributed by atoms with Gasteiger partial charge in [0.25, 0.3) is 0 Å². The summed E-state index contributed by atoms with van der Waals surface area (Å²) in [6.45, 7) is 3.65. The molecule has 0 radical (unpaired) electrons. The van der Waals surface area contributed by atoms with Gasteiger partial charge in [0, 0.05) is 34.9 Å². The van der Waals surface area contributed by atoms with Gasteiger partial charge in [0.15, 0.2) is 0 Å². The molecule has 1 fully saturated rings. The quantitative estimate of drug-likeness (QED) is 0.277. The van der Waals surface area contributed by atoms with Crippen LogP contribution in [0, 0.1) is 0 Å². The summed E-state index contributed by atoms with van der Waals surface area (Å²) in [5.74, 6) is 0.903. The molecule has 4 aromatic rings. The summed E-state index contributed by atoms with van der Waals surface area (Å²) in [5.41, 5.74) is 8.32. The highest BCUT2D eigenvalue weighted by Gasteiger charge is 2.27. The lowest BCUT2D eigenvalue weighted by Gasteiger charge is -2.27. The summed E-state index contributed by atoms with van der Waals surface area (Å²) in [6, 6.07) is 25.5. The van der Waals surface area contributed by atoms with Crippen LogP contribution < -0.4 is 5.32 Å². The molecule has 1 aromatic heterocycles. The number of nitrogens with zero attached hydrogens (tertiary/aromatic N) is 3. The fraction of sp³-hybridized carbons (Fsp3) is 0.290. The Hall–Kier alpha value is -2.92. The molecule has 0 saturated carbocycles. The number of hydrogen-bond acceptors (Lipinski definition) is 4. The Bertz CT molecular complexity index is 1330. The first-order chi connectivity index (χ1) is 17.7. The fourth-order valence-corrected chi connectivity index (χ4v) is 5.67. The SMILES string of the molecule is Cl.Clc1ccc(C2Cc3cnc(Nc4ccc(CCN5CCCCC5)cc4)nc3-c3ccccc32)cc1. The van der Waals surface area contributed by atoms with Crippen LogP contribution in [0.25, 0.3) is 11.3 Å². The van der Waals surface area contributed by atoms with E-state index in [-0.39, 0.29) is 18.3 Å². The normalized spacial score (nSPS) is 16.8. The number of fused-ring (bicyclic) bond motifs is 3. The van der Waals surface area contributed by atoms with E-state index in [1.165, 1.54) is 60.2 Å². The van der Waals surface area contributed by atoms with E-state index in [4.69, 9.17) is 16.6 Å². The molecule has 37 heavy (non-hydrogen) atoms. The minimum atomic E-state index is 0. The van der Waals surface area contributed by atoms with E-state index >= 15 is 0 Å². The molecule has 6 heteroatoms. The number of likely N-dealkylation sites (tertiary alicyclic amines) is 1. The van der Waals surface area contributed by atoms with Gasteiger partial charge in [-0.1, -0.05) is 66.6 Å². The molecule has 1 saturated heterocycles. The molecule has 0 spiro atoms. The first-order valence-electron chi connectivity index (χ1n) is 13.0. The Morgan fingerprint density at radius 2 is 1.65 bits per heavy atom. The molecular formula is C31H32Cl2N4. The Balaban J connectivity index is 0.00000280. The molecule has 2 aliphatic rings. The van der Waals surface area contributed by atoms with Gasteiger partial charge < -0.3 is 10.2 Å². The van der Waals surface area contributed by atoms with Crippen molar-refractivity contribution in [1.29, 1.82) is 0 Å². The van der Waals surface area contributed by atoms with E-state index in [0.29, 0.717) is 5.95 Å². The van der Waals surface area contributed by atoms with Crippen molar-refractivity contribution >= 4 is 35.6 Å². The van der Waals surface area contributed by atoms with Crippen molar-refractivity contribution in [2.24, 2.45) is 0 Å². The second-order valence-corrected chi connectivity index (χ2v) is 10.4. The van der Waals surface area contributed by atoms with Gasteiger partial charge in [0.1, 0.15) is 0 Å². The van der Waals surface area contributed by atoms with E-state index in [0.717, 1.165) is 35.8 Å². The van der Waals surface area contributed by atoms with Gasteiger partial charge in [-0.3, -0.25) is 0 Å². The smallest absolute Gasteiger partial charge is 0.227 e. The molecule has 0 bridgehead atoms. The van der Waals surface area contributed by atoms with Crippen LogP contribution in [0.15, 0.2) is 79.0 Å². The van der Waals surface area contributed by atoms with Crippen molar-refractivity contribution in [1.82, 2.24) is 14.9 Å². The predicted molar refractivity (Wildman–Crippen MR) is 155 cm³/mol. The first kappa shape index (κ1) is 25.7. The topological polar surface area (TPSA) is 41.1 Å². The standard InChI is InChI=1S/C31H31ClN4.ClH/c32-25-12-10-23(11-13-25)29-20-24-21-33-31(35-30(24)28-7-3-2-6-27(28)29)34-26-14-8-22(9-15-26)16-19-36-17-4-1-5-18-36;/h2-3,6-15,21,29H,1,4-5,16-20H2,(H,33,34,35);1H. The second-order valence-electron chi connectivity index (χ2n) is 9.94. The van der Waals surface area contributed by atoms with Gasteiger partial charge in [-0.15, -0.1) is 12.4 Å². The third kappa shape index (κ3) is 5.82. The van der Waals surface area contributed by atoms with Gasteiger partial charge >= 0.3 is 0 Å². The Morgan fingerprint density at radius 3 is 2.43 bits per heavy atom. The molecule has 1 N–H and O–H groups in total. The molecule has 2 heterocycles. The average Bonchev–Trinajstić information content (AvgIpc) is 2.93. The number of benzene rings is 3. The second kappa shape index (κ2) is 11.6. The van der Waals surface area contributed by atoms with E-state index < -0.39 is 0 Å². The van der Waals surface area contributed by atoms with Gasteiger partial charge in [0.2, 0.25) is 5.95 Å². The monoisotopic (exact) mass is 530 g/mol. The maximum Gasteiger partial charge on any atom is 0.227 e. The minimum Gasteiger partial charge on any atom is -0.324 e. The highest BCUT2D eigenvalue weighted by atomic mass is 35.5. The van der Waals surface area contributed by atoms with Crippen molar-refractivity contribution in [3.8, 4) is 11.3 Å². The zero-order chi connectivity index (χ0) is 24.3. The molecule has 0 amide bonds. The fourth-order valence-electron chi connectivity index (χ4n) is 5.54. The van der Waals surface area contributed by atoms with Crippen molar-refractivity contribution in [3.05, 3.63) is 106 Å². The van der Waals surface area contributed by atoms with E-state index in [1.807, 2.05) is 18.3 Å². The summed E-state index contributed by atoms with van der Waals surface area (Å²) < 4.78 is 0.